The zero-order valence-electron chi connectivity index (χ0n) is 12.2. The molecular formula is C13H14N6O3. The monoisotopic (exact) mass is 302 g/mol. The van der Waals surface area contributed by atoms with Gasteiger partial charge in [0.15, 0.2) is 5.52 Å². The molecule has 22 heavy (non-hydrogen) atoms. The Morgan fingerprint density at radius 1 is 1.27 bits per heavy atom. The topological polar surface area (TPSA) is 119 Å². The smallest absolute Gasteiger partial charge is 0.435 e. The van der Waals surface area contributed by atoms with E-state index < -0.39 is 11.7 Å². The number of aromatic nitrogens is 6. The van der Waals surface area contributed by atoms with Crippen LogP contribution < -0.4 is 5.56 Å². The standard InChI is InChI=1S/C13H14N6O3/c1-13(2,3)22-12(21)19-6-7(4-15-19)8-5-14-11(20)10-9(8)16-18-17-10/h4-6H,1-3H3,(H,14,20)(H,16,17,18). The third-order valence-corrected chi connectivity index (χ3v) is 2.84. The molecule has 0 radical (unpaired) electrons. The number of rotatable bonds is 1. The van der Waals surface area contributed by atoms with Crippen LogP contribution in [0.1, 0.15) is 20.8 Å². The molecule has 3 rings (SSSR count). The molecular weight excluding hydrogens is 288 g/mol. The van der Waals surface area contributed by atoms with Crippen molar-refractivity contribution < 1.29 is 9.53 Å². The summed E-state index contributed by atoms with van der Waals surface area (Å²) in [5.41, 5.74) is 0.877. The van der Waals surface area contributed by atoms with E-state index in [-0.39, 0.29) is 11.1 Å². The summed E-state index contributed by atoms with van der Waals surface area (Å²) >= 11 is 0. The van der Waals surface area contributed by atoms with E-state index in [1.807, 2.05) is 0 Å². The van der Waals surface area contributed by atoms with Crippen LogP contribution in [0, 0.1) is 0 Å². The van der Waals surface area contributed by atoms with Gasteiger partial charge in [0.05, 0.1) is 6.20 Å². The molecule has 3 aromatic heterocycles. The van der Waals surface area contributed by atoms with Gasteiger partial charge >= 0.3 is 6.09 Å². The molecule has 0 saturated heterocycles. The largest absolute Gasteiger partial charge is 0.442 e. The summed E-state index contributed by atoms with van der Waals surface area (Å²) in [6.45, 7) is 5.32. The second-order valence-corrected chi connectivity index (χ2v) is 5.71. The highest BCUT2D eigenvalue weighted by molar-refractivity contribution is 5.90. The van der Waals surface area contributed by atoms with Gasteiger partial charge < -0.3 is 9.72 Å². The highest BCUT2D eigenvalue weighted by Crippen LogP contribution is 2.23. The van der Waals surface area contributed by atoms with Crippen LogP contribution in [-0.2, 0) is 4.74 Å². The average Bonchev–Trinajstić information content (AvgIpc) is 3.06. The van der Waals surface area contributed by atoms with Crippen LogP contribution >= 0.6 is 0 Å². The highest BCUT2D eigenvalue weighted by Gasteiger charge is 2.19. The zero-order valence-corrected chi connectivity index (χ0v) is 12.2. The lowest BCUT2D eigenvalue weighted by molar-refractivity contribution is 0.0514. The van der Waals surface area contributed by atoms with Crippen molar-refractivity contribution in [2.75, 3.05) is 0 Å². The summed E-state index contributed by atoms with van der Waals surface area (Å²) in [5.74, 6) is 0. The van der Waals surface area contributed by atoms with Gasteiger partial charge in [0.25, 0.3) is 5.56 Å². The number of ether oxygens (including phenoxy) is 1. The Hall–Kier alpha value is -2.97. The predicted octanol–water partition coefficient (Wildman–Crippen LogP) is 1.29. The van der Waals surface area contributed by atoms with Crippen LogP contribution in [0.5, 0.6) is 0 Å². The SMILES string of the molecule is CC(C)(C)OC(=O)n1cc(-c2c[nH]c(=O)c3n[nH]nc23)cn1. The summed E-state index contributed by atoms with van der Waals surface area (Å²) in [5, 5.41) is 14.1. The molecule has 0 bridgehead atoms. The number of nitrogens with zero attached hydrogens (tertiary/aromatic N) is 4. The molecule has 3 heterocycles. The molecule has 0 aromatic carbocycles. The number of aromatic amines is 2. The molecule has 0 aliphatic heterocycles. The van der Waals surface area contributed by atoms with Crippen LogP contribution in [0.15, 0.2) is 23.4 Å². The summed E-state index contributed by atoms with van der Waals surface area (Å²) in [4.78, 5) is 26.2. The molecule has 0 amide bonds. The molecule has 9 heteroatoms. The minimum atomic E-state index is -0.611. The van der Waals surface area contributed by atoms with Crippen LogP contribution in [-0.4, -0.2) is 41.9 Å². The number of fused-ring (bicyclic) bond motifs is 1. The zero-order chi connectivity index (χ0) is 15.9. The molecule has 0 spiro atoms. The van der Waals surface area contributed by atoms with E-state index in [1.165, 1.54) is 18.6 Å². The van der Waals surface area contributed by atoms with Gasteiger partial charge in [-0.2, -0.15) is 25.2 Å². The first-order valence-electron chi connectivity index (χ1n) is 6.56. The van der Waals surface area contributed by atoms with Gasteiger partial charge in [0.2, 0.25) is 0 Å². The van der Waals surface area contributed by atoms with Crippen molar-refractivity contribution in [2.24, 2.45) is 0 Å². The van der Waals surface area contributed by atoms with Crippen molar-refractivity contribution in [1.29, 1.82) is 0 Å². The van der Waals surface area contributed by atoms with E-state index in [9.17, 15) is 9.59 Å². The first-order chi connectivity index (χ1) is 10.3. The van der Waals surface area contributed by atoms with Crippen LogP contribution in [0.2, 0.25) is 0 Å². The maximum absolute atomic E-state index is 12.0. The van der Waals surface area contributed by atoms with Gasteiger partial charge in [-0.1, -0.05) is 0 Å². The van der Waals surface area contributed by atoms with Crippen molar-refractivity contribution in [1.82, 2.24) is 30.2 Å². The summed E-state index contributed by atoms with van der Waals surface area (Å²) in [6.07, 6.45) is 3.92. The Kier molecular flexibility index (Phi) is 3.05. The number of carbonyl (C=O) groups excluding carboxylic acids is 1. The van der Waals surface area contributed by atoms with Gasteiger partial charge in [-0.3, -0.25) is 4.79 Å². The lowest BCUT2D eigenvalue weighted by atomic mass is 10.1. The second-order valence-electron chi connectivity index (χ2n) is 5.71. The van der Waals surface area contributed by atoms with E-state index in [0.717, 1.165) is 4.68 Å². The van der Waals surface area contributed by atoms with Gasteiger partial charge in [0, 0.05) is 23.5 Å². The molecule has 2 N–H and O–H groups in total. The number of H-pyrrole nitrogens is 2. The van der Waals surface area contributed by atoms with E-state index in [2.05, 4.69) is 25.5 Å². The summed E-state index contributed by atoms with van der Waals surface area (Å²) in [6, 6.07) is 0. The maximum atomic E-state index is 12.0. The molecule has 0 atom stereocenters. The summed E-state index contributed by atoms with van der Waals surface area (Å²) < 4.78 is 6.33. The number of hydrogen-bond acceptors (Lipinski definition) is 6. The number of pyridine rings is 1. The van der Waals surface area contributed by atoms with Gasteiger partial charge in [-0.15, -0.1) is 0 Å². The Bertz CT molecular complexity index is 898. The molecule has 0 fully saturated rings. The molecule has 3 aromatic rings. The third-order valence-electron chi connectivity index (χ3n) is 2.84. The molecule has 0 unspecified atom stereocenters. The van der Waals surface area contributed by atoms with Gasteiger partial charge in [-0.05, 0) is 20.8 Å². The van der Waals surface area contributed by atoms with Crippen molar-refractivity contribution in [3.05, 3.63) is 28.9 Å². The van der Waals surface area contributed by atoms with Crippen LogP contribution in [0.3, 0.4) is 0 Å². The third kappa shape index (κ3) is 2.48. The fraction of sp³-hybridized carbons (Fsp3) is 0.308. The van der Waals surface area contributed by atoms with Crippen molar-refractivity contribution in [3.63, 3.8) is 0 Å². The minimum Gasteiger partial charge on any atom is -0.442 e. The molecule has 0 aliphatic carbocycles. The van der Waals surface area contributed by atoms with Gasteiger partial charge in [0.1, 0.15) is 11.1 Å². The Morgan fingerprint density at radius 3 is 2.73 bits per heavy atom. The first-order valence-corrected chi connectivity index (χ1v) is 6.56. The van der Waals surface area contributed by atoms with E-state index in [4.69, 9.17) is 4.74 Å². The van der Waals surface area contributed by atoms with Crippen molar-refractivity contribution >= 4 is 17.1 Å². The molecule has 0 aliphatic rings. The fourth-order valence-corrected chi connectivity index (χ4v) is 1.94. The summed E-state index contributed by atoms with van der Waals surface area (Å²) in [7, 11) is 0. The van der Waals surface area contributed by atoms with Gasteiger partial charge in [-0.25, -0.2) is 4.79 Å². The van der Waals surface area contributed by atoms with Crippen LogP contribution in [0.25, 0.3) is 22.2 Å². The van der Waals surface area contributed by atoms with Crippen molar-refractivity contribution in [2.45, 2.75) is 26.4 Å². The Balaban J connectivity index is 2.00. The van der Waals surface area contributed by atoms with E-state index in [1.54, 1.807) is 20.8 Å². The first kappa shape index (κ1) is 14.0. The lowest BCUT2D eigenvalue weighted by Gasteiger charge is -2.18. The average molecular weight is 302 g/mol. The van der Waals surface area contributed by atoms with Crippen LogP contribution in [0.4, 0.5) is 4.79 Å². The fourth-order valence-electron chi connectivity index (χ4n) is 1.94. The van der Waals surface area contributed by atoms with Crippen molar-refractivity contribution in [3.8, 4) is 11.1 Å². The predicted molar refractivity (Wildman–Crippen MR) is 77.4 cm³/mol. The number of hydrogen-bond donors (Lipinski definition) is 2. The maximum Gasteiger partial charge on any atom is 0.435 e. The normalized spacial score (nSPS) is 11.8. The number of carbonyl (C=O) groups is 1. The molecule has 9 nitrogen and oxygen atoms in total. The quantitative estimate of drug-likeness (QED) is 0.699. The Labute approximate surface area is 124 Å². The highest BCUT2D eigenvalue weighted by atomic mass is 16.6. The second kappa shape index (κ2) is 4.79. The molecule has 114 valence electrons. The number of nitrogens with one attached hydrogen (secondary N) is 2. The lowest BCUT2D eigenvalue weighted by Crippen LogP contribution is -2.27. The van der Waals surface area contributed by atoms with E-state index >= 15 is 0 Å². The molecule has 0 saturated carbocycles. The minimum absolute atomic E-state index is 0.197. The van der Waals surface area contributed by atoms with E-state index in [0.29, 0.717) is 16.6 Å². The Morgan fingerprint density at radius 2 is 2.00 bits per heavy atom.